The van der Waals surface area contributed by atoms with E-state index >= 15 is 0 Å². The molecule has 0 saturated heterocycles. The summed E-state index contributed by atoms with van der Waals surface area (Å²) in [4.78, 5) is 32.9. The van der Waals surface area contributed by atoms with Crippen LogP contribution in [-0.2, 0) is 9.53 Å². The van der Waals surface area contributed by atoms with Gasteiger partial charge in [0.1, 0.15) is 11.8 Å². The first kappa shape index (κ1) is 26.7. The number of benzene rings is 4. The van der Waals surface area contributed by atoms with Gasteiger partial charge in [0.2, 0.25) is 0 Å². The highest BCUT2D eigenvalue weighted by molar-refractivity contribution is 7.07. The molecule has 1 aliphatic rings. The number of allylic oxidation sites excluding steroid dienone is 1. The van der Waals surface area contributed by atoms with E-state index in [4.69, 9.17) is 14.5 Å². The molecule has 1 atom stereocenters. The van der Waals surface area contributed by atoms with Crippen LogP contribution in [0.3, 0.4) is 0 Å². The van der Waals surface area contributed by atoms with E-state index in [9.17, 15) is 9.59 Å². The zero-order chi connectivity index (χ0) is 28.7. The number of hydrogen-bond donors (Lipinski definition) is 0. The Morgan fingerprint density at radius 2 is 1.63 bits per heavy atom. The summed E-state index contributed by atoms with van der Waals surface area (Å²) in [6, 6.07) is 25.4. The molecule has 0 aliphatic carbocycles. The van der Waals surface area contributed by atoms with Gasteiger partial charge in [-0.1, -0.05) is 78.1 Å². The van der Waals surface area contributed by atoms with Gasteiger partial charge in [-0.2, -0.15) is 0 Å². The van der Waals surface area contributed by atoms with Gasteiger partial charge in [0, 0.05) is 5.56 Å². The van der Waals surface area contributed by atoms with Crippen molar-refractivity contribution < 1.29 is 14.3 Å². The number of hydrogen-bond acceptors (Lipinski definition) is 6. The predicted octanol–water partition coefficient (Wildman–Crippen LogP) is 5.89. The van der Waals surface area contributed by atoms with Gasteiger partial charge >= 0.3 is 5.97 Å². The van der Waals surface area contributed by atoms with Crippen LogP contribution in [0.15, 0.2) is 99.9 Å². The molecule has 0 N–H and O–H groups in total. The van der Waals surface area contributed by atoms with Gasteiger partial charge in [0.25, 0.3) is 5.56 Å². The van der Waals surface area contributed by atoms with Crippen LogP contribution in [0.2, 0.25) is 0 Å². The molecule has 1 aromatic heterocycles. The van der Waals surface area contributed by atoms with Crippen LogP contribution in [0.4, 0.5) is 0 Å². The van der Waals surface area contributed by atoms with Crippen LogP contribution in [0.1, 0.15) is 44.9 Å². The molecule has 41 heavy (non-hydrogen) atoms. The summed E-state index contributed by atoms with van der Waals surface area (Å²) in [5.41, 5.74) is 2.33. The molecule has 0 unspecified atom stereocenters. The fraction of sp³-hybridized carbons (Fsp3) is 0.206. The lowest BCUT2D eigenvalue weighted by Crippen LogP contribution is -2.40. The fourth-order valence-corrected chi connectivity index (χ4v) is 6.52. The Balaban J connectivity index is 1.65. The number of carbonyl (C=O) groups is 1. The molecule has 6 rings (SSSR count). The maximum atomic E-state index is 14.3. The third-order valence-corrected chi connectivity index (χ3v) is 8.16. The van der Waals surface area contributed by atoms with Gasteiger partial charge in [0.15, 0.2) is 4.80 Å². The van der Waals surface area contributed by atoms with E-state index in [1.165, 1.54) is 11.3 Å². The number of nitrogens with zero attached hydrogens (tertiary/aromatic N) is 2. The zero-order valence-electron chi connectivity index (χ0n) is 23.4. The number of thiazole rings is 1. The van der Waals surface area contributed by atoms with Gasteiger partial charge in [-0.15, -0.1) is 0 Å². The van der Waals surface area contributed by atoms with Crippen molar-refractivity contribution in [2.24, 2.45) is 4.99 Å². The first-order valence-electron chi connectivity index (χ1n) is 13.7. The number of rotatable bonds is 6. The summed E-state index contributed by atoms with van der Waals surface area (Å²) in [6.45, 7) is 7.67. The molecule has 0 amide bonds. The molecule has 4 aromatic carbocycles. The molecule has 206 valence electrons. The molecule has 7 heteroatoms. The molecular weight excluding hydrogens is 532 g/mol. The minimum absolute atomic E-state index is 0.0947. The number of ether oxygens (including phenoxy) is 2. The predicted molar refractivity (Wildman–Crippen MR) is 164 cm³/mol. The van der Waals surface area contributed by atoms with Crippen LogP contribution in [-0.4, -0.2) is 23.2 Å². The van der Waals surface area contributed by atoms with E-state index in [0.717, 1.165) is 27.1 Å². The Morgan fingerprint density at radius 3 is 2.29 bits per heavy atom. The van der Waals surface area contributed by atoms with Crippen molar-refractivity contribution in [1.82, 2.24) is 4.57 Å². The van der Waals surface area contributed by atoms with Crippen molar-refractivity contribution in [1.29, 1.82) is 0 Å². The van der Waals surface area contributed by atoms with Crippen LogP contribution >= 0.6 is 11.3 Å². The molecule has 0 saturated carbocycles. The Hall–Kier alpha value is -4.49. The van der Waals surface area contributed by atoms with E-state index in [1.807, 2.05) is 68.5 Å². The van der Waals surface area contributed by atoms with E-state index in [1.54, 1.807) is 18.4 Å². The Labute approximate surface area is 241 Å². The Kier molecular flexibility index (Phi) is 7.05. The first-order valence-corrected chi connectivity index (χ1v) is 14.5. The number of para-hydroxylation sites is 1. The number of fused-ring (bicyclic) bond motifs is 3. The van der Waals surface area contributed by atoms with Gasteiger partial charge in [0.05, 0.1) is 28.5 Å². The maximum Gasteiger partial charge on any atom is 0.338 e. The van der Waals surface area contributed by atoms with Crippen molar-refractivity contribution in [3.63, 3.8) is 0 Å². The van der Waals surface area contributed by atoms with Gasteiger partial charge in [-0.05, 0) is 73.0 Å². The van der Waals surface area contributed by atoms with Crippen LogP contribution < -0.4 is 19.6 Å². The van der Waals surface area contributed by atoms with Crippen molar-refractivity contribution in [3.8, 4) is 5.75 Å². The van der Waals surface area contributed by atoms with Gasteiger partial charge in [-0.3, -0.25) is 9.36 Å². The standard InChI is InChI=1S/C34H30N2O4S/c1-5-39-33(38)30-21(4)35-34-36(31(30)26-16-10-11-17-28(26)40-20(2)3)32(37)29(41-34)19-27-24-14-8-6-12-22(24)18-23-13-7-9-15-25(23)27/h6-20,31H,5H2,1-4H3/b29-19+/t31-/m1/s1. The topological polar surface area (TPSA) is 69.9 Å². The highest BCUT2D eigenvalue weighted by Gasteiger charge is 2.35. The minimum Gasteiger partial charge on any atom is -0.491 e. The first-order chi connectivity index (χ1) is 19.9. The fourth-order valence-electron chi connectivity index (χ4n) is 5.49. The summed E-state index contributed by atoms with van der Waals surface area (Å²) >= 11 is 1.32. The molecule has 0 bridgehead atoms. The second-order valence-corrected chi connectivity index (χ2v) is 11.2. The lowest BCUT2D eigenvalue weighted by atomic mass is 9.95. The van der Waals surface area contributed by atoms with E-state index in [-0.39, 0.29) is 18.3 Å². The van der Waals surface area contributed by atoms with E-state index in [0.29, 0.717) is 31.9 Å². The third kappa shape index (κ3) is 4.76. The van der Waals surface area contributed by atoms with Crippen molar-refractivity contribution in [3.05, 3.63) is 121 Å². The van der Waals surface area contributed by atoms with E-state index < -0.39 is 12.0 Å². The molecule has 0 fully saturated rings. The SMILES string of the molecule is CCOC(=O)C1=C(C)N=c2s/c(=C/c3c4ccccc4cc4ccccc34)c(=O)n2[C@@H]1c1ccccc1OC(C)C. The smallest absolute Gasteiger partial charge is 0.338 e. The average Bonchev–Trinajstić information content (AvgIpc) is 3.26. The molecule has 2 heterocycles. The molecule has 0 radical (unpaired) electrons. The Morgan fingerprint density at radius 1 is 1.00 bits per heavy atom. The van der Waals surface area contributed by atoms with Gasteiger partial charge < -0.3 is 9.47 Å². The van der Waals surface area contributed by atoms with Crippen molar-refractivity contribution >= 4 is 44.9 Å². The third-order valence-electron chi connectivity index (χ3n) is 7.18. The molecular formula is C34H30N2O4S. The lowest BCUT2D eigenvalue weighted by Gasteiger charge is -2.26. The van der Waals surface area contributed by atoms with Crippen molar-refractivity contribution in [2.45, 2.75) is 39.8 Å². The van der Waals surface area contributed by atoms with E-state index in [2.05, 4.69) is 30.3 Å². The highest BCUT2D eigenvalue weighted by atomic mass is 32.1. The minimum atomic E-state index is -0.744. The zero-order valence-corrected chi connectivity index (χ0v) is 24.2. The second kappa shape index (κ2) is 10.8. The van der Waals surface area contributed by atoms with Crippen molar-refractivity contribution in [2.75, 3.05) is 6.61 Å². The average molecular weight is 563 g/mol. The largest absolute Gasteiger partial charge is 0.491 e. The normalized spacial score (nSPS) is 15.3. The Bertz CT molecular complexity index is 1980. The highest BCUT2D eigenvalue weighted by Crippen LogP contribution is 2.36. The quantitative estimate of drug-likeness (QED) is 0.191. The lowest BCUT2D eigenvalue weighted by molar-refractivity contribution is -0.139. The van der Waals surface area contributed by atoms with Crippen LogP contribution in [0.5, 0.6) is 5.75 Å². The molecule has 1 aliphatic heterocycles. The van der Waals surface area contributed by atoms with Crippen LogP contribution in [0.25, 0.3) is 27.6 Å². The number of carbonyl (C=O) groups excluding carboxylic acids is 1. The molecule has 0 spiro atoms. The summed E-state index contributed by atoms with van der Waals surface area (Å²) in [6.07, 6.45) is 1.87. The summed E-state index contributed by atoms with van der Waals surface area (Å²) < 4.78 is 13.8. The summed E-state index contributed by atoms with van der Waals surface area (Å²) in [7, 11) is 0. The number of esters is 1. The molecule has 6 nitrogen and oxygen atoms in total. The van der Waals surface area contributed by atoms with Gasteiger partial charge in [-0.25, -0.2) is 9.79 Å². The maximum absolute atomic E-state index is 14.3. The molecule has 5 aromatic rings. The summed E-state index contributed by atoms with van der Waals surface area (Å²) in [5.74, 6) is 0.117. The summed E-state index contributed by atoms with van der Waals surface area (Å²) in [5, 5.41) is 4.33. The van der Waals surface area contributed by atoms with Crippen LogP contribution in [0, 0.1) is 0 Å². The second-order valence-electron chi connectivity index (χ2n) is 10.2. The number of aromatic nitrogens is 1. The monoisotopic (exact) mass is 562 g/mol.